The fourth-order valence-electron chi connectivity index (χ4n) is 3.95. The van der Waals surface area contributed by atoms with Gasteiger partial charge < -0.3 is 10.0 Å². The monoisotopic (exact) mass is 456 g/mol. The molecule has 4 rings (SSSR count). The highest BCUT2D eigenvalue weighted by Crippen LogP contribution is 2.42. The number of unbranched alkanes of at least 4 members (excludes halogenated alkanes) is 1. The molecule has 30 heavy (non-hydrogen) atoms. The molecule has 0 atom stereocenters. The summed E-state index contributed by atoms with van der Waals surface area (Å²) in [5, 5.41) is 10.5. The van der Waals surface area contributed by atoms with Crippen LogP contribution >= 0.6 is 32.9 Å². The maximum absolute atomic E-state index is 10.5. The molecule has 1 N–H and O–H groups in total. The Labute approximate surface area is 191 Å². The van der Waals surface area contributed by atoms with Gasteiger partial charge in [-0.25, -0.2) is 0 Å². The minimum atomic E-state index is 0.373. The van der Waals surface area contributed by atoms with Gasteiger partial charge in [0.2, 0.25) is 0 Å². The second-order valence-corrected chi connectivity index (χ2v) is 10.7. The van der Waals surface area contributed by atoms with Crippen LogP contribution in [0.25, 0.3) is 21.6 Å². The van der Waals surface area contributed by atoms with Crippen molar-refractivity contribution in [1.29, 1.82) is 0 Å². The van der Waals surface area contributed by atoms with Crippen LogP contribution in [0.3, 0.4) is 0 Å². The van der Waals surface area contributed by atoms with Gasteiger partial charge in [-0.3, -0.25) is 4.90 Å². The Kier molecular flexibility index (Phi) is 7.33. The number of benzene rings is 2. The predicted molar refractivity (Wildman–Crippen MR) is 132 cm³/mol. The van der Waals surface area contributed by atoms with Crippen molar-refractivity contribution >= 4 is 32.9 Å². The highest BCUT2D eigenvalue weighted by Gasteiger charge is 2.19. The summed E-state index contributed by atoms with van der Waals surface area (Å²) in [6.07, 6.45) is 2.53. The van der Waals surface area contributed by atoms with E-state index in [0.29, 0.717) is 5.75 Å². The molecule has 2 heterocycles. The summed E-state index contributed by atoms with van der Waals surface area (Å²) >= 11 is 5.69. The van der Waals surface area contributed by atoms with Gasteiger partial charge in [-0.1, -0.05) is 82.6 Å². The van der Waals surface area contributed by atoms with E-state index < -0.39 is 0 Å². The summed E-state index contributed by atoms with van der Waals surface area (Å²) in [4.78, 5) is 6.22. The first-order chi connectivity index (χ1) is 14.7. The molecule has 0 aliphatic carbocycles. The molecule has 0 unspecified atom stereocenters. The minimum Gasteiger partial charge on any atom is -0.508 e. The Morgan fingerprint density at radius 1 is 0.933 bits per heavy atom. The number of phenolic OH excluding ortho intramolecular Hbond substituents is 1. The van der Waals surface area contributed by atoms with Crippen LogP contribution in [0.5, 0.6) is 5.75 Å². The fraction of sp³-hybridized carbons (Fsp3) is 0.375. The van der Waals surface area contributed by atoms with E-state index in [2.05, 4.69) is 47.1 Å². The molecule has 0 bridgehead atoms. The first-order valence-corrected chi connectivity index (χ1v) is 13.2. The lowest BCUT2D eigenvalue weighted by Gasteiger charge is -2.34. The highest BCUT2D eigenvalue weighted by atomic mass is 32.9. The highest BCUT2D eigenvalue weighted by molar-refractivity contribution is 7.80. The van der Waals surface area contributed by atoms with E-state index >= 15 is 0 Å². The molecular formula is C24H28N2OS3. The third-order valence-electron chi connectivity index (χ3n) is 5.72. The Morgan fingerprint density at radius 2 is 1.67 bits per heavy atom. The van der Waals surface area contributed by atoms with Gasteiger partial charge in [0.15, 0.2) is 0 Å². The molecule has 2 aromatic carbocycles. The van der Waals surface area contributed by atoms with Crippen molar-refractivity contribution in [2.45, 2.75) is 26.3 Å². The van der Waals surface area contributed by atoms with Gasteiger partial charge in [0.25, 0.3) is 0 Å². The summed E-state index contributed by atoms with van der Waals surface area (Å²) in [5.41, 5.74) is 4.41. The molecule has 1 aromatic heterocycles. The zero-order valence-electron chi connectivity index (χ0n) is 17.3. The number of nitrogens with zero attached hydrogens (tertiary/aromatic N) is 2. The van der Waals surface area contributed by atoms with E-state index in [0.717, 1.165) is 53.2 Å². The molecule has 0 radical (unpaired) electrons. The summed E-state index contributed by atoms with van der Waals surface area (Å²) in [5.74, 6) is 0.373. The van der Waals surface area contributed by atoms with Gasteiger partial charge in [0.1, 0.15) is 9.57 Å². The van der Waals surface area contributed by atoms with Crippen LogP contribution in [0, 0.1) is 3.82 Å². The quantitative estimate of drug-likeness (QED) is 0.324. The zero-order valence-corrected chi connectivity index (χ0v) is 19.8. The number of phenols is 1. The SMILES string of the molecule is CCCCN1CCN(Cc2cc(-c3c(-c4ccccc4)ssc3=S)ccc2O)CC1. The maximum atomic E-state index is 10.5. The predicted octanol–water partition coefficient (Wildman–Crippen LogP) is 6.50. The van der Waals surface area contributed by atoms with E-state index in [-0.39, 0.29) is 0 Å². The lowest BCUT2D eigenvalue weighted by Crippen LogP contribution is -2.46. The molecule has 158 valence electrons. The Hall–Kier alpha value is -1.57. The van der Waals surface area contributed by atoms with E-state index in [1.165, 1.54) is 29.8 Å². The summed E-state index contributed by atoms with van der Waals surface area (Å²) in [6.45, 7) is 8.56. The lowest BCUT2D eigenvalue weighted by atomic mass is 10.0. The van der Waals surface area contributed by atoms with Gasteiger partial charge in [-0.15, -0.1) is 0 Å². The molecule has 1 aliphatic heterocycles. The largest absolute Gasteiger partial charge is 0.508 e. The first-order valence-electron chi connectivity index (χ1n) is 10.6. The molecule has 3 nitrogen and oxygen atoms in total. The Bertz CT molecular complexity index is 1020. The lowest BCUT2D eigenvalue weighted by molar-refractivity contribution is 0.125. The molecule has 0 saturated carbocycles. The topological polar surface area (TPSA) is 26.7 Å². The van der Waals surface area contributed by atoms with E-state index in [1.807, 2.05) is 18.2 Å². The van der Waals surface area contributed by atoms with Gasteiger partial charge in [-0.2, -0.15) is 0 Å². The van der Waals surface area contributed by atoms with E-state index in [4.69, 9.17) is 12.2 Å². The van der Waals surface area contributed by atoms with Crippen LogP contribution in [0.4, 0.5) is 0 Å². The van der Waals surface area contributed by atoms with Crippen molar-refractivity contribution in [3.63, 3.8) is 0 Å². The van der Waals surface area contributed by atoms with Gasteiger partial charge in [0.05, 0.1) is 4.88 Å². The first kappa shape index (κ1) is 21.7. The zero-order chi connectivity index (χ0) is 20.9. The molecule has 0 amide bonds. The average Bonchev–Trinajstić information content (AvgIpc) is 3.17. The van der Waals surface area contributed by atoms with Gasteiger partial charge >= 0.3 is 0 Å². The van der Waals surface area contributed by atoms with Crippen LogP contribution in [-0.4, -0.2) is 47.6 Å². The van der Waals surface area contributed by atoms with Crippen LogP contribution < -0.4 is 0 Å². The molecular weight excluding hydrogens is 428 g/mol. The van der Waals surface area contributed by atoms with Crippen molar-refractivity contribution in [2.24, 2.45) is 0 Å². The molecule has 1 saturated heterocycles. The van der Waals surface area contributed by atoms with Crippen LogP contribution in [0.2, 0.25) is 0 Å². The minimum absolute atomic E-state index is 0.373. The van der Waals surface area contributed by atoms with Gasteiger partial charge in [-0.05, 0) is 36.2 Å². The molecule has 0 spiro atoms. The van der Waals surface area contributed by atoms with Crippen molar-refractivity contribution in [3.05, 3.63) is 57.9 Å². The molecule has 6 heteroatoms. The molecule has 1 aliphatic rings. The number of hydrogen-bond acceptors (Lipinski definition) is 6. The summed E-state index contributed by atoms with van der Waals surface area (Å²) in [6, 6.07) is 16.4. The normalized spacial score (nSPS) is 15.5. The van der Waals surface area contributed by atoms with Crippen molar-refractivity contribution in [2.75, 3.05) is 32.7 Å². The maximum Gasteiger partial charge on any atom is 0.120 e. The number of piperazine rings is 1. The summed E-state index contributed by atoms with van der Waals surface area (Å²) < 4.78 is 0.917. The third-order valence-corrected chi connectivity index (χ3v) is 8.79. The van der Waals surface area contributed by atoms with Crippen molar-refractivity contribution in [1.82, 2.24) is 9.80 Å². The second kappa shape index (κ2) is 10.2. The Morgan fingerprint density at radius 3 is 2.40 bits per heavy atom. The van der Waals surface area contributed by atoms with Crippen molar-refractivity contribution in [3.8, 4) is 27.3 Å². The van der Waals surface area contributed by atoms with Crippen LogP contribution in [-0.2, 0) is 6.54 Å². The third kappa shape index (κ3) is 5.01. The van der Waals surface area contributed by atoms with Crippen molar-refractivity contribution < 1.29 is 5.11 Å². The summed E-state index contributed by atoms with van der Waals surface area (Å²) in [7, 11) is 3.39. The van der Waals surface area contributed by atoms with Crippen LogP contribution in [0.15, 0.2) is 48.5 Å². The van der Waals surface area contributed by atoms with Crippen LogP contribution in [0.1, 0.15) is 25.3 Å². The van der Waals surface area contributed by atoms with E-state index in [9.17, 15) is 5.11 Å². The van der Waals surface area contributed by atoms with Gasteiger partial charge in [0, 0.05) is 43.9 Å². The second-order valence-electron chi connectivity index (χ2n) is 7.84. The fourth-order valence-corrected chi connectivity index (χ4v) is 6.87. The molecule has 1 fully saturated rings. The smallest absolute Gasteiger partial charge is 0.120 e. The number of rotatable bonds is 7. The standard InChI is InChI=1S/C24H28N2OS3/c1-2-3-11-25-12-14-26(15-13-25)17-20-16-19(9-10-21(20)27)22-23(29-30-24(22)28)18-7-5-4-6-8-18/h4-10,16,27H,2-3,11-15,17H2,1H3. The van der Waals surface area contributed by atoms with E-state index in [1.54, 1.807) is 20.7 Å². The number of hydrogen-bond donors (Lipinski definition) is 1. The molecule has 3 aromatic rings. The Balaban J connectivity index is 1.54. The number of aromatic hydroxyl groups is 1. The average molecular weight is 457 g/mol.